The van der Waals surface area contributed by atoms with Gasteiger partial charge in [-0.2, -0.15) is 0 Å². The van der Waals surface area contributed by atoms with Gasteiger partial charge in [0.2, 0.25) is 0 Å². The maximum atomic E-state index is 9.34. The highest BCUT2D eigenvalue weighted by Crippen LogP contribution is 2.39. The molecule has 0 radical (unpaired) electrons. The first-order valence-electron chi connectivity index (χ1n) is 6.97. The molecule has 6 heteroatoms. The molecule has 1 N–H and O–H groups in total. The Balaban J connectivity index is 2.04. The number of hydrogen-bond acceptors (Lipinski definition) is 3. The quantitative estimate of drug-likeness (QED) is 0.766. The molecule has 0 spiro atoms. The summed E-state index contributed by atoms with van der Waals surface area (Å²) in [6, 6.07) is 7.07. The highest BCUT2D eigenvalue weighted by atomic mass is 35.5. The van der Waals surface area contributed by atoms with Crippen molar-refractivity contribution in [1.82, 2.24) is 4.98 Å². The molecule has 0 saturated heterocycles. The molecule has 1 aliphatic carbocycles. The fourth-order valence-electron chi connectivity index (χ4n) is 2.13. The van der Waals surface area contributed by atoms with E-state index in [0.717, 1.165) is 11.1 Å². The van der Waals surface area contributed by atoms with Gasteiger partial charge in [0, 0.05) is 5.56 Å². The molecule has 0 bridgehead atoms. The summed E-state index contributed by atoms with van der Waals surface area (Å²) < 4.78 is 5.86. The number of hydrogen-bond donors (Lipinski definition) is 1. The number of aromatic nitrogens is 1. The second kappa shape index (κ2) is 6.63. The minimum absolute atomic E-state index is 0.197. The Morgan fingerprint density at radius 2 is 1.91 bits per heavy atom. The highest BCUT2D eigenvalue weighted by Gasteiger charge is 2.24. The van der Waals surface area contributed by atoms with Crippen molar-refractivity contribution in [1.29, 1.82) is 0 Å². The molecule has 1 fully saturated rings. The first-order chi connectivity index (χ1) is 10.6. The van der Waals surface area contributed by atoms with Crippen LogP contribution in [0.15, 0.2) is 24.3 Å². The van der Waals surface area contributed by atoms with E-state index >= 15 is 0 Å². The van der Waals surface area contributed by atoms with Gasteiger partial charge in [-0.1, -0.05) is 40.9 Å². The number of aliphatic hydroxyl groups is 1. The van der Waals surface area contributed by atoms with Gasteiger partial charge in [0.25, 0.3) is 0 Å². The molecule has 116 valence electrons. The third kappa shape index (κ3) is 3.49. The number of halogens is 3. The van der Waals surface area contributed by atoms with E-state index in [4.69, 9.17) is 39.5 Å². The monoisotopic (exact) mass is 357 g/mol. The van der Waals surface area contributed by atoms with Crippen LogP contribution in [0.3, 0.4) is 0 Å². The molecule has 2 aromatic rings. The van der Waals surface area contributed by atoms with Gasteiger partial charge in [0.05, 0.1) is 29.0 Å². The average Bonchev–Trinajstić information content (AvgIpc) is 3.32. The molecule has 3 nitrogen and oxygen atoms in total. The predicted octanol–water partition coefficient (Wildman–Crippen LogP) is 4.99. The molecule has 0 atom stereocenters. The van der Waals surface area contributed by atoms with Crippen LogP contribution in [-0.2, 0) is 6.61 Å². The maximum Gasteiger partial charge on any atom is 0.172 e. The molecule has 1 saturated carbocycles. The summed E-state index contributed by atoms with van der Waals surface area (Å²) in [6.07, 6.45) is 2.36. The van der Waals surface area contributed by atoms with Crippen LogP contribution in [-0.4, -0.2) is 16.7 Å². The van der Waals surface area contributed by atoms with E-state index in [1.807, 2.05) is 6.07 Å². The Hall–Kier alpha value is -1.00. The number of pyridine rings is 1. The van der Waals surface area contributed by atoms with Crippen LogP contribution in [0.1, 0.15) is 18.5 Å². The molecule has 1 aliphatic rings. The maximum absolute atomic E-state index is 9.34. The molecule has 22 heavy (non-hydrogen) atoms. The van der Waals surface area contributed by atoms with Gasteiger partial charge >= 0.3 is 0 Å². The minimum atomic E-state index is -0.197. The van der Waals surface area contributed by atoms with Gasteiger partial charge in [0.1, 0.15) is 0 Å². The molecule has 0 unspecified atom stereocenters. The third-order valence-corrected chi connectivity index (χ3v) is 4.53. The lowest BCUT2D eigenvalue weighted by atomic mass is 10.0. The first kappa shape index (κ1) is 15.9. The standard InChI is InChI=1S/C16H14Cl3NO2/c17-13-4-3-10(5-14(13)18)12-6-11(7-21)20-16(19)15(12)22-8-9-1-2-9/h3-6,9,21H,1-2,7-8H2. The van der Waals surface area contributed by atoms with E-state index in [2.05, 4.69) is 4.98 Å². The van der Waals surface area contributed by atoms with E-state index in [1.54, 1.807) is 18.2 Å². The summed E-state index contributed by atoms with van der Waals surface area (Å²) in [5.74, 6) is 1.11. The van der Waals surface area contributed by atoms with Crippen molar-refractivity contribution in [3.63, 3.8) is 0 Å². The topological polar surface area (TPSA) is 42.4 Å². The van der Waals surface area contributed by atoms with Crippen molar-refractivity contribution >= 4 is 34.8 Å². The number of aliphatic hydroxyl groups excluding tert-OH is 1. The Kier molecular flexibility index (Phi) is 4.79. The zero-order valence-corrected chi connectivity index (χ0v) is 13.9. The van der Waals surface area contributed by atoms with E-state index in [1.165, 1.54) is 12.8 Å². The fourth-order valence-corrected chi connectivity index (χ4v) is 2.70. The Morgan fingerprint density at radius 1 is 1.14 bits per heavy atom. The minimum Gasteiger partial charge on any atom is -0.489 e. The van der Waals surface area contributed by atoms with Crippen LogP contribution in [0.5, 0.6) is 5.75 Å². The lowest BCUT2D eigenvalue weighted by Gasteiger charge is -2.14. The summed E-state index contributed by atoms with van der Waals surface area (Å²) in [5, 5.41) is 10.5. The van der Waals surface area contributed by atoms with Crippen molar-refractivity contribution < 1.29 is 9.84 Å². The third-order valence-electron chi connectivity index (χ3n) is 3.54. The first-order valence-corrected chi connectivity index (χ1v) is 8.10. The molecule has 1 aromatic heterocycles. The zero-order chi connectivity index (χ0) is 15.7. The second-order valence-electron chi connectivity index (χ2n) is 5.32. The van der Waals surface area contributed by atoms with Crippen LogP contribution in [0.4, 0.5) is 0 Å². The SMILES string of the molecule is OCc1cc(-c2ccc(Cl)c(Cl)c2)c(OCC2CC2)c(Cl)n1. The van der Waals surface area contributed by atoms with E-state index < -0.39 is 0 Å². The summed E-state index contributed by atoms with van der Waals surface area (Å²) in [5.41, 5.74) is 2.05. The normalized spacial score (nSPS) is 14.2. The zero-order valence-electron chi connectivity index (χ0n) is 11.7. The lowest BCUT2D eigenvalue weighted by Crippen LogP contribution is -2.03. The summed E-state index contributed by atoms with van der Waals surface area (Å²) in [4.78, 5) is 4.15. The number of benzene rings is 1. The summed E-state index contributed by atoms with van der Waals surface area (Å²) in [7, 11) is 0. The van der Waals surface area contributed by atoms with Crippen LogP contribution in [0.2, 0.25) is 15.2 Å². The Morgan fingerprint density at radius 3 is 2.55 bits per heavy atom. The Labute approximate surface area is 143 Å². The molecular weight excluding hydrogens is 345 g/mol. The molecule has 0 amide bonds. The van der Waals surface area contributed by atoms with Gasteiger partial charge in [0.15, 0.2) is 10.9 Å². The van der Waals surface area contributed by atoms with Crippen molar-refractivity contribution in [3.8, 4) is 16.9 Å². The van der Waals surface area contributed by atoms with E-state index in [-0.39, 0.29) is 11.8 Å². The van der Waals surface area contributed by atoms with E-state index in [9.17, 15) is 5.11 Å². The fraction of sp³-hybridized carbons (Fsp3) is 0.312. The van der Waals surface area contributed by atoms with Crippen molar-refractivity contribution in [2.24, 2.45) is 5.92 Å². The molecule has 3 rings (SSSR count). The number of nitrogens with zero attached hydrogens (tertiary/aromatic N) is 1. The van der Waals surface area contributed by atoms with Crippen molar-refractivity contribution in [2.45, 2.75) is 19.4 Å². The van der Waals surface area contributed by atoms with Gasteiger partial charge < -0.3 is 9.84 Å². The number of rotatable bonds is 5. The largest absolute Gasteiger partial charge is 0.489 e. The molecule has 0 aliphatic heterocycles. The lowest BCUT2D eigenvalue weighted by molar-refractivity contribution is 0.275. The second-order valence-corrected chi connectivity index (χ2v) is 6.49. The van der Waals surface area contributed by atoms with E-state index in [0.29, 0.717) is 34.0 Å². The Bertz CT molecular complexity index is 702. The van der Waals surface area contributed by atoms with Crippen molar-refractivity contribution in [3.05, 3.63) is 45.2 Å². The molecule has 1 heterocycles. The smallest absolute Gasteiger partial charge is 0.172 e. The van der Waals surface area contributed by atoms with Gasteiger partial charge in [-0.15, -0.1) is 0 Å². The van der Waals surface area contributed by atoms with Crippen LogP contribution in [0, 0.1) is 5.92 Å². The van der Waals surface area contributed by atoms with Gasteiger partial charge in [-0.3, -0.25) is 0 Å². The summed E-state index contributed by atoms with van der Waals surface area (Å²) >= 11 is 18.3. The summed E-state index contributed by atoms with van der Waals surface area (Å²) in [6.45, 7) is 0.422. The van der Waals surface area contributed by atoms with Crippen LogP contribution >= 0.6 is 34.8 Å². The predicted molar refractivity (Wildman–Crippen MR) is 88.8 cm³/mol. The average molecular weight is 359 g/mol. The van der Waals surface area contributed by atoms with Crippen molar-refractivity contribution in [2.75, 3.05) is 6.61 Å². The highest BCUT2D eigenvalue weighted by molar-refractivity contribution is 6.42. The van der Waals surface area contributed by atoms with Crippen LogP contribution in [0.25, 0.3) is 11.1 Å². The molecular formula is C16H14Cl3NO2. The molecule has 1 aromatic carbocycles. The number of ether oxygens (including phenoxy) is 1. The van der Waals surface area contributed by atoms with Crippen LogP contribution < -0.4 is 4.74 Å². The van der Waals surface area contributed by atoms with Gasteiger partial charge in [-0.05, 0) is 42.5 Å². The van der Waals surface area contributed by atoms with Gasteiger partial charge in [-0.25, -0.2) is 4.98 Å².